The molecular formula is C54H51N. The summed E-state index contributed by atoms with van der Waals surface area (Å²) >= 11 is 0. The van der Waals surface area contributed by atoms with Crippen molar-refractivity contribution in [3.8, 4) is 33.4 Å². The van der Waals surface area contributed by atoms with Gasteiger partial charge in [-0.05, 0) is 164 Å². The van der Waals surface area contributed by atoms with Gasteiger partial charge in [0, 0.05) is 16.8 Å². The standard InChI is InChI=1S/C54H51N/c1-51(2)27-28-52(3,4)50-44(51)19-12-20-46(50)55(39-23-21-36(22-24-39)35-13-7-5-8-14-35)40-25-26-42-45(32-40)54(47-30-34-29-38-31-48(54)53(38,47)33-34)43-18-11-17-41(49(42)43)37-15-9-6-10-16-37/h5-26,32,34,38,47-48H,27-31,33H2,1-4H3. The second-order valence-electron chi connectivity index (χ2n) is 19.6. The van der Waals surface area contributed by atoms with Crippen molar-refractivity contribution in [2.24, 2.45) is 29.1 Å². The quantitative estimate of drug-likeness (QED) is 0.172. The Balaban J connectivity index is 1.10. The van der Waals surface area contributed by atoms with E-state index in [-0.39, 0.29) is 16.2 Å². The summed E-state index contributed by atoms with van der Waals surface area (Å²) in [4.78, 5) is 2.64. The molecule has 0 heterocycles. The summed E-state index contributed by atoms with van der Waals surface area (Å²) in [7, 11) is 0. The average molecular weight is 714 g/mol. The summed E-state index contributed by atoms with van der Waals surface area (Å²) in [5, 5.41) is 0. The van der Waals surface area contributed by atoms with Crippen molar-refractivity contribution in [3.05, 3.63) is 162 Å². The van der Waals surface area contributed by atoms with E-state index in [1.54, 1.807) is 11.1 Å². The van der Waals surface area contributed by atoms with Gasteiger partial charge in [0.2, 0.25) is 0 Å². The van der Waals surface area contributed by atoms with E-state index in [9.17, 15) is 0 Å². The zero-order chi connectivity index (χ0) is 36.9. The monoisotopic (exact) mass is 713 g/mol. The molecule has 0 aliphatic heterocycles. The summed E-state index contributed by atoms with van der Waals surface area (Å²) in [5.41, 5.74) is 19.3. The number of hydrogen-bond acceptors (Lipinski definition) is 1. The van der Waals surface area contributed by atoms with Crippen LogP contribution in [0.5, 0.6) is 0 Å². The fourth-order valence-corrected chi connectivity index (χ4v) is 14.1. The molecule has 0 amide bonds. The molecule has 4 saturated carbocycles. The van der Waals surface area contributed by atoms with Gasteiger partial charge in [-0.2, -0.15) is 0 Å². The summed E-state index contributed by atoms with van der Waals surface area (Å²) in [5.74, 6) is 3.40. The maximum absolute atomic E-state index is 2.70. The lowest BCUT2D eigenvalue weighted by Crippen LogP contribution is -2.73. The van der Waals surface area contributed by atoms with Crippen LogP contribution in [-0.4, -0.2) is 0 Å². The molecule has 6 aliphatic carbocycles. The van der Waals surface area contributed by atoms with Crippen LogP contribution >= 0.6 is 0 Å². The van der Waals surface area contributed by atoms with Crippen LogP contribution in [0.25, 0.3) is 33.4 Å². The first-order valence-corrected chi connectivity index (χ1v) is 21.2. The molecule has 272 valence electrons. The molecule has 2 spiro atoms. The Hall–Kier alpha value is -4.88. The molecule has 6 aliphatic rings. The lowest BCUT2D eigenvalue weighted by atomic mass is 9.27. The van der Waals surface area contributed by atoms with Gasteiger partial charge in [-0.1, -0.05) is 137 Å². The minimum Gasteiger partial charge on any atom is -0.310 e. The lowest BCUT2D eigenvalue weighted by Gasteiger charge is -2.76. The third kappa shape index (κ3) is 4.05. The van der Waals surface area contributed by atoms with Gasteiger partial charge >= 0.3 is 0 Å². The highest BCUT2D eigenvalue weighted by molar-refractivity contribution is 5.95. The number of benzene rings is 6. The molecule has 0 radical (unpaired) electrons. The van der Waals surface area contributed by atoms with Crippen molar-refractivity contribution in [1.82, 2.24) is 0 Å². The molecule has 6 aromatic rings. The minimum atomic E-state index is 0.0623. The second kappa shape index (κ2) is 10.9. The van der Waals surface area contributed by atoms with Crippen molar-refractivity contribution in [3.63, 3.8) is 0 Å². The van der Waals surface area contributed by atoms with Crippen LogP contribution in [-0.2, 0) is 16.2 Å². The molecule has 6 aromatic carbocycles. The first-order chi connectivity index (χ1) is 26.7. The largest absolute Gasteiger partial charge is 0.310 e. The number of fused-ring (bicyclic) bond motifs is 9. The van der Waals surface area contributed by atoms with Crippen LogP contribution in [0.1, 0.15) is 88.5 Å². The highest BCUT2D eigenvalue weighted by atomic mass is 15.1. The Kier molecular flexibility index (Phi) is 6.42. The van der Waals surface area contributed by atoms with E-state index in [1.807, 2.05) is 0 Å². The number of anilines is 3. The van der Waals surface area contributed by atoms with Crippen LogP contribution in [0.3, 0.4) is 0 Å². The summed E-state index contributed by atoms with van der Waals surface area (Å²) in [6.07, 6.45) is 8.18. The van der Waals surface area contributed by atoms with E-state index in [0.29, 0.717) is 5.41 Å². The molecule has 0 aromatic heterocycles. The maximum atomic E-state index is 2.70. The second-order valence-corrected chi connectivity index (χ2v) is 19.6. The van der Waals surface area contributed by atoms with Gasteiger partial charge in [-0.15, -0.1) is 0 Å². The van der Waals surface area contributed by atoms with Crippen LogP contribution in [0.15, 0.2) is 140 Å². The maximum Gasteiger partial charge on any atom is 0.0502 e. The van der Waals surface area contributed by atoms with Crippen LogP contribution < -0.4 is 4.90 Å². The number of rotatable bonds is 5. The predicted octanol–water partition coefficient (Wildman–Crippen LogP) is 14.2. The summed E-state index contributed by atoms with van der Waals surface area (Å²) in [6, 6.07) is 53.6. The van der Waals surface area contributed by atoms with Gasteiger partial charge < -0.3 is 4.90 Å². The van der Waals surface area contributed by atoms with Gasteiger partial charge in [0.15, 0.2) is 0 Å². The smallest absolute Gasteiger partial charge is 0.0502 e. The zero-order valence-corrected chi connectivity index (χ0v) is 32.8. The van der Waals surface area contributed by atoms with Gasteiger partial charge in [0.25, 0.3) is 0 Å². The molecule has 55 heavy (non-hydrogen) atoms. The molecule has 0 N–H and O–H groups in total. The van der Waals surface area contributed by atoms with Gasteiger partial charge in [-0.3, -0.25) is 0 Å². The Morgan fingerprint density at radius 2 is 1.16 bits per heavy atom. The highest BCUT2D eigenvalue weighted by Gasteiger charge is 2.84. The van der Waals surface area contributed by atoms with Gasteiger partial charge in [-0.25, -0.2) is 0 Å². The highest BCUT2D eigenvalue weighted by Crippen LogP contribution is 2.90. The third-order valence-corrected chi connectivity index (χ3v) is 16.4. The molecule has 6 atom stereocenters. The Labute approximate surface area is 327 Å². The lowest BCUT2D eigenvalue weighted by molar-refractivity contribution is -0.231. The molecular weight excluding hydrogens is 663 g/mol. The van der Waals surface area contributed by atoms with Gasteiger partial charge in [0.1, 0.15) is 0 Å². The SMILES string of the molecule is CC1(C)CCC(C)(C)c2c(N(c3ccc(-c4ccccc4)cc3)c3ccc4c(c3)C3(c5cccc(-c6ccccc6)c5-4)C4CC5CC6CC3C64C5)cccc21. The van der Waals surface area contributed by atoms with Crippen molar-refractivity contribution < 1.29 is 0 Å². The summed E-state index contributed by atoms with van der Waals surface area (Å²) < 4.78 is 0. The average Bonchev–Trinajstić information content (AvgIpc) is 3.84. The normalized spacial score (nSPS) is 29.1. The molecule has 2 bridgehead atoms. The zero-order valence-electron chi connectivity index (χ0n) is 32.8. The first-order valence-electron chi connectivity index (χ1n) is 21.2. The van der Waals surface area contributed by atoms with Crippen LogP contribution in [0.2, 0.25) is 0 Å². The van der Waals surface area contributed by atoms with Crippen molar-refractivity contribution in [1.29, 1.82) is 0 Å². The Bertz CT molecular complexity index is 2530. The van der Waals surface area contributed by atoms with E-state index in [2.05, 4.69) is 172 Å². The van der Waals surface area contributed by atoms with Gasteiger partial charge in [0.05, 0.1) is 5.69 Å². The Morgan fingerprint density at radius 3 is 1.93 bits per heavy atom. The molecule has 12 rings (SSSR count). The summed E-state index contributed by atoms with van der Waals surface area (Å²) in [6.45, 7) is 9.88. The molecule has 0 saturated heterocycles. The topological polar surface area (TPSA) is 3.24 Å². The van der Waals surface area contributed by atoms with E-state index < -0.39 is 0 Å². The van der Waals surface area contributed by atoms with Crippen molar-refractivity contribution >= 4 is 17.1 Å². The molecule has 1 heteroatoms. The first kappa shape index (κ1) is 32.4. The van der Waals surface area contributed by atoms with Crippen LogP contribution in [0, 0.1) is 29.1 Å². The van der Waals surface area contributed by atoms with Crippen molar-refractivity contribution in [2.45, 2.75) is 82.5 Å². The number of hydrogen-bond donors (Lipinski definition) is 0. The van der Waals surface area contributed by atoms with E-state index in [0.717, 1.165) is 23.7 Å². The molecule has 6 unspecified atom stereocenters. The fraction of sp³-hybridized carbons (Fsp3) is 0.333. The number of nitrogens with zero attached hydrogens (tertiary/aromatic N) is 1. The third-order valence-electron chi connectivity index (χ3n) is 16.4. The predicted molar refractivity (Wildman–Crippen MR) is 228 cm³/mol. The fourth-order valence-electron chi connectivity index (χ4n) is 14.1. The van der Waals surface area contributed by atoms with Crippen molar-refractivity contribution in [2.75, 3.05) is 4.90 Å². The van der Waals surface area contributed by atoms with E-state index in [4.69, 9.17) is 0 Å². The van der Waals surface area contributed by atoms with E-state index in [1.165, 1.54) is 100 Å². The minimum absolute atomic E-state index is 0.0623. The molecule has 4 fully saturated rings. The van der Waals surface area contributed by atoms with E-state index >= 15 is 0 Å². The Morgan fingerprint density at radius 1 is 0.509 bits per heavy atom. The molecule has 1 nitrogen and oxygen atoms in total. The van der Waals surface area contributed by atoms with Crippen LogP contribution in [0.4, 0.5) is 17.1 Å².